The molecule has 3 atom stereocenters. The summed E-state index contributed by atoms with van der Waals surface area (Å²) in [5.74, 6) is -2.85. The molecule has 1 aliphatic carbocycles. The van der Waals surface area contributed by atoms with Crippen molar-refractivity contribution >= 4 is 21.6 Å². The van der Waals surface area contributed by atoms with E-state index in [2.05, 4.69) is 26.9 Å². The predicted octanol–water partition coefficient (Wildman–Crippen LogP) is 4.94. The van der Waals surface area contributed by atoms with Crippen LogP contribution in [0.3, 0.4) is 0 Å². The molecule has 1 heterocycles. The predicted molar refractivity (Wildman–Crippen MR) is 121 cm³/mol. The van der Waals surface area contributed by atoms with Gasteiger partial charge in [-0.15, -0.1) is 0 Å². The van der Waals surface area contributed by atoms with Crippen LogP contribution in [0, 0.1) is 62.5 Å². The number of nitrogens with zero attached hydrogens (tertiary/aromatic N) is 4. The number of nitriles is 3. The third-order valence-electron chi connectivity index (χ3n) is 6.41. The smallest absolute Gasteiger partial charge is 0.189 e. The Hall–Kier alpha value is -3.31. The van der Waals surface area contributed by atoms with Gasteiger partial charge in [0.25, 0.3) is 0 Å². The maximum absolute atomic E-state index is 15.1. The lowest BCUT2D eigenvalue weighted by Crippen LogP contribution is -2.53. The van der Waals surface area contributed by atoms with Crippen molar-refractivity contribution in [3.8, 4) is 18.2 Å². The molecule has 0 bridgehead atoms. The highest BCUT2D eigenvalue weighted by molar-refractivity contribution is 9.10. The van der Waals surface area contributed by atoms with E-state index in [0.29, 0.717) is 29.7 Å². The molecule has 1 unspecified atom stereocenters. The Morgan fingerprint density at radius 3 is 2.50 bits per heavy atom. The number of fused-ring (bicyclic) bond motifs is 1. The van der Waals surface area contributed by atoms with E-state index in [9.17, 15) is 15.8 Å². The molecule has 0 aromatic heterocycles. The van der Waals surface area contributed by atoms with Gasteiger partial charge in [0.15, 0.2) is 5.41 Å². The van der Waals surface area contributed by atoms with E-state index in [1.807, 2.05) is 48.5 Å². The number of hydrogen-bond donors (Lipinski definition) is 1. The van der Waals surface area contributed by atoms with Gasteiger partial charge in [-0.1, -0.05) is 52.3 Å². The summed E-state index contributed by atoms with van der Waals surface area (Å²) in [5.41, 5.74) is -0.177. The molecule has 2 aromatic rings. The van der Waals surface area contributed by atoms with Crippen molar-refractivity contribution in [3.63, 3.8) is 0 Å². The van der Waals surface area contributed by atoms with E-state index in [0.717, 1.165) is 5.56 Å². The fourth-order valence-corrected chi connectivity index (χ4v) is 5.31. The highest BCUT2D eigenvalue weighted by Crippen LogP contribution is 2.54. The maximum atomic E-state index is 15.1. The van der Waals surface area contributed by atoms with Crippen LogP contribution in [0.4, 0.5) is 4.39 Å². The van der Waals surface area contributed by atoms with Crippen molar-refractivity contribution in [2.24, 2.45) is 17.3 Å². The number of halogens is 2. The highest BCUT2D eigenvalue weighted by Gasteiger charge is 2.58. The van der Waals surface area contributed by atoms with Crippen molar-refractivity contribution in [1.29, 1.82) is 21.2 Å². The van der Waals surface area contributed by atoms with Crippen LogP contribution < -0.4 is 0 Å². The first-order valence-corrected chi connectivity index (χ1v) is 11.0. The fourth-order valence-electron chi connectivity index (χ4n) is 4.93. The summed E-state index contributed by atoms with van der Waals surface area (Å²) in [6.45, 7) is 1.68. The van der Waals surface area contributed by atoms with E-state index < -0.39 is 29.0 Å². The zero-order valence-corrected chi connectivity index (χ0v) is 18.7. The van der Waals surface area contributed by atoms with Gasteiger partial charge in [0.1, 0.15) is 11.7 Å². The van der Waals surface area contributed by atoms with Crippen LogP contribution in [0.15, 0.2) is 64.7 Å². The normalized spacial score (nSPS) is 24.4. The number of benzene rings is 2. The summed E-state index contributed by atoms with van der Waals surface area (Å²) in [7, 11) is 0. The van der Waals surface area contributed by atoms with Gasteiger partial charge in [-0.25, -0.2) is 4.39 Å². The third-order valence-corrected chi connectivity index (χ3v) is 6.90. The monoisotopic (exact) mass is 487 g/mol. The molecule has 0 amide bonds. The molecule has 1 fully saturated rings. The Kier molecular flexibility index (Phi) is 5.94. The first-order valence-electron chi connectivity index (χ1n) is 10.2. The molecule has 32 heavy (non-hydrogen) atoms. The zero-order valence-electron chi connectivity index (χ0n) is 17.1. The number of rotatable bonds is 3. The average Bonchev–Trinajstić information content (AvgIpc) is 2.81. The van der Waals surface area contributed by atoms with Crippen LogP contribution in [0.5, 0.6) is 0 Å². The van der Waals surface area contributed by atoms with Crippen molar-refractivity contribution in [3.05, 3.63) is 81.6 Å². The van der Waals surface area contributed by atoms with Gasteiger partial charge in [-0.2, -0.15) is 15.8 Å². The van der Waals surface area contributed by atoms with Crippen molar-refractivity contribution in [2.45, 2.75) is 12.5 Å². The lowest BCUT2D eigenvalue weighted by molar-refractivity contribution is 0.196. The molecular formula is C25H19BrFN5. The molecule has 0 radical (unpaired) electrons. The molecule has 158 valence electrons. The van der Waals surface area contributed by atoms with E-state index in [1.165, 1.54) is 6.07 Å². The number of hydrogen-bond acceptors (Lipinski definition) is 5. The van der Waals surface area contributed by atoms with Gasteiger partial charge in [-0.3, -0.25) is 4.90 Å². The molecular weight excluding hydrogens is 469 g/mol. The highest BCUT2D eigenvalue weighted by atomic mass is 79.9. The summed E-state index contributed by atoms with van der Waals surface area (Å²) in [6.07, 6.45) is 1.92. The minimum absolute atomic E-state index is 0.209. The summed E-state index contributed by atoms with van der Waals surface area (Å²) in [6, 6.07) is 20.5. The second kappa shape index (κ2) is 8.67. The number of nitrogens with one attached hydrogen (secondary N) is 1. The largest absolute Gasteiger partial charge is 0.305 e. The first kappa shape index (κ1) is 21.9. The SMILES string of the molecule is N#CC1C(=N)C(C#N)(C#N)[C@H](c2cc(Br)ccc2F)[C@H]2CN(Cc3ccccc3)CC=C12. The first-order chi connectivity index (χ1) is 15.4. The topological polar surface area (TPSA) is 98.5 Å². The molecule has 5 nitrogen and oxygen atoms in total. The second-order valence-corrected chi connectivity index (χ2v) is 9.06. The molecule has 0 spiro atoms. The van der Waals surface area contributed by atoms with Crippen LogP contribution in [0.2, 0.25) is 0 Å². The second-order valence-electron chi connectivity index (χ2n) is 8.14. The van der Waals surface area contributed by atoms with E-state index in [4.69, 9.17) is 5.41 Å². The molecule has 1 N–H and O–H groups in total. The molecule has 2 aliphatic rings. The van der Waals surface area contributed by atoms with E-state index in [-0.39, 0.29) is 11.3 Å². The van der Waals surface area contributed by atoms with E-state index in [1.54, 1.807) is 12.1 Å². The molecule has 0 saturated heterocycles. The molecule has 4 rings (SSSR count). The molecule has 2 aromatic carbocycles. The van der Waals surface area contributed by atoms with Crippen LogP contribution in [0.1, 0.15) is 17.0 Å². The maximum Gasteiger partial charge on any atom is 0.189 e. The van der Waals surface area contributed by atoms with Gasteiger partial charge in [0, 0.05) is 35.9 Å². The standard InChI is InChI=1S/C25H19BrFN5/c26-17-6-7-22(27)19(10-17)23-21-13-32(12-16-4-2-1-3-5-16)9-8-18(21)20(11-28)24(31)25(23,14-29)15-30/h1-8,10,20-21,23,31H,9,12-13H2/t20?,21-,23+/m0/s1. The Labute approximate surface area is 194 Å². The van der Waals surface area contributed by atoms with Gasteiger partial charge >= 0.3 is 0 Å². The summed E-state index contributed by atoms with van der Waals surface area (Å²) in [5, 5.41) is 38.7. The summed E-state index contributed by atoms with van der Waals surface area (Å²) >= 11 is 3.37. The van der Waals surface area contributed by atoms with Gasteiger partial charge < -0.3 is 5.41 Å². The summed E-state index contributed by atoms with van der Waals surface area (Å²) < 4.78 is 15.7. The zero-order chi connectivity index (χ0) is 22.9. The van der Waals surface area contributed by atoms with Gasteiger partial charge in [-0.05, 0) is 34.9 Å². The molecule has 1 aliphatic heterocycles. The Morgan fingerprint density at radius 1 is 1.12 bits per heavy atom. The Balaban J connectivity index is 1.86. The van der Waals surface area contributed by atoms with E-state index >= 15 is 4.39 Å². The van der Waals surface area contributed by atoms with Crippen LogP contribution >= 0.6 is 15.9 Å². The quantitative estimate of drug-likeness (QED) is 0.619. The minimum atomic E-state index is -1.93. The average molecular weight is 488 g/mol. The lowest BCUT2D eigenvalue weighted by atomic mass is 9.54. The summed E-state index contributed by atoms with van der Waals surface area (Å²) in [4.78, 5) is 2.16. The third kappa shape index (κ3) is 3.53. The van der Waals surface area contributed by atoms with Gasteiger partial charge in [0.2, 0.25) is 0 Å². The van der Waals surface area contributed by atoms with Crippen LogP contribution in [-0.4, -0.2) is 23.7 Å². The lowest BCUT2D eigenvalue weighted by Gasteiger charge is -2.47. The molecule has 7 heteroatoms. The minimum Gasteiger partial charge on any atom is -0.305 e. The van der Waals surface area contributed by atoms with Crippen LogP contribution in [-0.2, 0) is 6.54 Å². The van der Waals surface area contributed by atoms with Gasteiger partial charge in [0.05, 0.1) is 23.9 Å². The molecule has 1 saturated carbocycles. The van der Waals surface area contributed by atoms with Crippen molar-refractivity contribution in [2.75, 3.05) is 13.1 Å². The fraction of sp³-hybridized carbons (Fsp3) is 0.280. The Bertz CT molecular complexity index is 1200. The van der Waals surface area contributed by atoms with Crippen molar-refractivity contribution in [1.82, 2.24) is 4.90 Å². The van der Waals surface area contributed by atoms with Crippen molar-refractivity contribution < 1.29 is 4.39 Å². The van der Waals surface area contributed by atoms with Crippen LogP contribution in [0.25, 0.3) is 0 Å². The Morgan fingerprint density at radius 2 is 1.84 bits per heavy atom.